The number of hydrogen-bond donors (Lipinski definition) is 0. The van der Waals surface area contributed by atoms with Crippen LogP contribution in [0.2, 0.25) is 0 Å². The molecule has 2 aromatic carbocycles. The maximum Gasteiger partial charge on any atom is 0.270 e. The molecule has 0 saturated heterocycles. The van der Waals surface area contributed by atoms with Crippen LogP contribution in [0.5, 0.6) is 0 Å². The van der Waals surface area contributed by atoms with E-state index in [1.54, 1.807) is 17.7 Å². The molecular formula is C17H15N3O3S. The van der Waals surface area contributed by atoms with Gasteiger partial charge in [-0.2, -0.15) is 4.99 Å². The Hall–Kier alpha value is -2.80. The fraction of sp³-hybridized carbons (Fsp3) is 0.176. The lowest BCUT2D eigenvalue weighted by Crippen LogP contribution is -2.13. The second kappa shape index (κ2) is 6.76. The number of benzene rings is 2. The topological polar surface area (TPSA) is 77.5 Å². The Bertz CT molecular complexity index is 974. The van der Waals surface area contributed by atoms with Crippen molar-refractivity contribution in [1.82, 2.24) is 4.57 Å². The van der Waals surface area contributed by atoms with Crippen molar-refractivity contribution in [2.24, 2.45) is 12.0 Å². The predicted molar refractivity (Wildman–Crippen MR) is 92.8 cm³/mol. The van der Waals surface area contributed by atoms with Gasteiger partial charge in [-0.3, -0.25) is 14.9 Å². The zero-order valence-corrected chi connectivity index (χ0v) is 13.8. The molecule has 0 N–H and O–H groups in total. The predicted octanol–water partition coefficient (Wildman–Crippen LogP) is 3.21. The molecule has 1 heterocycles. The number of non-ortho nitro benzene ring substituents is 1. The number of thiazole rings is 1. The number of carbonyl (C=O) groups excluding carboxylic acids is 1. The van der Waals surface area contributed by atoms with Gasteiger partial charge in [-0.25, -0.2) is 0 Å². The molecule has 0 fully saturated rings. The van der Waals surface area contributed by atoms with Gasteiger partial charge in [-0.1, -0.05) is 41.7 Å². The van der Waals surface area contributed by atoms with E-state index in [4.69, 9.17) is 0 Å². The van der Waals surface area contributed by atoms with Gasteiger partial charge in [0.1, 0.15) is 0 Å². The first-order valence-electron chi connectivity index (χ1n) is 7.40. The van der Waals surface area contributed by atoms with E-state index < -0.39 is 4.92 Å². The molecule has 0 bridgehead atoms. The van der Waals surface area contributed by atoms with E-state index in [0.717, 1.165) is 15.8 Å². The summed E-state index contributed by atoms with van der Waals surface area (Å²) in [7, 11) is 1.80. The fourth-order valence-electron chi connectivity index (χ4n) is 2.40. The second-order valence-electron chi connectivity index (χ2n) is 5.34. The van der Waals surface area contributed by atoms with Crippen molar-refractivity contribution in [2.45, 2.75) is 12.8 Å². The molecule has 3 aromatic rings. The average molecular weight is 341 g/mol. The summed E-state index contributed by atoms with van der Waals surface area (Å²) in [6.45, 7) is 0. The van der Waals surface area contributed by atoms with Gasteiger partial charge in [0.05, 0.1) is 15.1 Å². The van der Waals surface area contributed by atoms with Crippen LogP contribution in [0.3, 0.4) is 0 Å². The molecule has 6 nitrogen and oxygen atoms in total. The third-order valence-electron chi connectivity index (χ3n) is 3.69. The van der Waals surface area contributed by atoms with Crippen molar-refractivity contribution in [1.29, 1.82) is 0 Å². The molecule has 0 aliphatic rings. The van der Waals surface area contributed by atoms with Crippen LogP contribution in [0.15, 0.2) is 53.5 Å². The summed E-state index contributed by atoms with van der Waals surface area (Å²) in [6.07, 6.45) is 0.974. The maximum absolute atomic E-state index is 12.1. The van der Waals surface area contributed by atoms with Crippen LogP contribution >= 0.6 is 11.3 Å². The fourth-order valence-corrected chi connectivity index (χ4v) is 3.47. The van der Waals surface area contributed by atoms with Crippen molar-refractivity contribution in [3.63, 3.8) is 0 Å². The molecule has 0 saturated carbocycles. The highest BCUT2D eigenvalue weighted by atomic mass is 32.1. The second-order valence-corrected chi connectivity index (χ2v) is 6.35. The molecular weight excluding hydrogens is 326 g/mol. The lowest BCUT2D eigenvalue weighted by atomic mass is 10.1. The highest BCUT2D eigenvalue weighted by Gasteiger charge is 2.10. The number of rotatable bonds is 4. The van der Waals surface area contributed by atoms with Gasteiger partial charge in [-0.05, 0) is 18.1 Å². The summed E-state index contributed by atoms with van der Waals surface area (Å²) in [5.41, 5.74) is 1.95. The molecule has 0 spiro atoms. The van der Waals surface area contributed by atoms with Crippen LogP contribution in [-0.2, 0) is 18.3 Å². The number of hydrogen-bond acceptors (Lipinski definition) is 4. The Balaban J connectivity index is 1.85. The summed E-state index contributed by atoms with van der Waals surface area (Å²) in [5.74, 6) is -0.199. The van der Waals surface area contributed by atoms with Gasteiger partial charge in [0.25, 0.3) is 5.69 Å². The minimum atomic E-state index is -0.430. The van der Waals surface area contributed by atoms with Crippen LogP contribution in [0.1, 0.15) is 12.0 Å². The van der Waals surface area contributed by atoms with Crippen LogP contribution in [0, 0.1) is 10.1 Å². The monoisotopic (exact) mass is 341 g/mol. The quantitative estimate of drug-likeness (QED) is 0.540. The minimum Gasteiger partial charge on any atom is -0.319 e. The number of fused-ring (bicyclic) bond motifs is 1. The molecule has 122 valence electrons. The van der Waals surface area contributed by atoms with Crippen LogP contribution in [-0.4, -0.2) is 15.4 Å². The van der Waals surface area contributed by atoms with Gasteiger partial charge in [0.2, 0.25) is 5.91 Å². The van der Waals surface area contributed by atoms with Crippen LogP contribution < -0.4 is 4.80 Å². The molecule has 0 unspecified atom stereocenters. The van der Waals surface area contributed by atoms with E-state index in [-0.39, 0.29) is 11.6 Å². The summed E-state index contributed by atoms with van der Waals surface area (Å²) < 4.78 is 2.52. The van der Waals surface area contributed by atoms with Gasteiger partial charge >= 0.3 is 0 Å². The zero-order valence-electron chi connectivity index (χ0n) is 13.0. The summed E-state index contributed by atoms with van der Waals surface area (Å²) in [4.78, 5) is 27.2. The van der Waals surface area contributed by atoms with Gasteiger partial charge in [0, 0.05) is 25.6 Å². The third-order valence-corrected chi connectivity index (χ3v) is 4.79. The Labute approximate surface area is 141 Å². The Morgan fingerprint density at radius 2 is 2.00 bits per heavy atom. The molecule has 7 heteroatoms. The highest BCUT2D eigenvalue weighted by molar-refractivity contribution is 7.16. The summed E-state index contributed by atoms with van der Waals surface area (Å²) in [6, 6.07) is 14.4. The Morgan fingerprint density at radius 3 is 2.71 bits per heavy atom. The van der Waals surface area contributed by atoms with Crippen LogP contribution in [0.25, 0.3) is 10.2 Å². The van der Waals surface area contributed by atoms with E-state index in [2.05, 4.69) is 4.99 Å². The molecule has 0 radical (unpaired) electrons. The minimum absolute atomic E-state index is 0.0336. The summed E-state index contributed by atoms with van der Waals surface area (Å²) >= 11 is 1.28. The molecule has 1 amide bonds. The van der Waals surface area contributed by atoms with Gasteiger partial charge < -0.3 is 4.57 Å². The average Bonchev–Trinajstić information content (AvgIpc) is 2.89. The number of aryl methyl sites for hydroxylation is 2. The summed E-state index contributed by atoms with van der Waals surface area (Å²) in [5, 5.41) is 10.9. The molecule has 1 aromatic heterocycles. The highest BCUT2D eigenvalue weighted by Crippen LogP contribution is 2.22. The normalized spacial score (nSPS) is 11.8. The van der Waals surface area contributed by atoms with Crippen molar-refractivity contribution in [3.05, 3.63) is 69.0 Å². The number of aromatic nitrogens is 1. The molecule has 0 aliphatic heterocycles. The number of amides is 1. The Kier molecular flexibility index (Phi) is 4.52. The Morgan fingerprint density at radius 1 is 1.25 bits per heavy atom. The van der Waals surface area contributed by atoms with Crippen molar-refractivity contribution in [3.8, 4) is 0 Å². The third kappa shape index (κ3) is 3.41. The number of nitro benzene ring substituents is 1. The maximum atomic E-state index is 12.1. The molecule has 0 aliphatic carbocycles. The van der Waals surface area contributed by atoms with Crippen LogP contribution in [0.4, 0.5) is 5.69 Å². The lowest BCUT2D eigenvalue weighted by molar-refractivity contribution is -0.384. The first kappa shape index (κ1) is 16.1. The number of nitrogens with zero attached hydrogens (tertiary/aromatic N) is 3. The smallest absolute Gasteiger partial charge is 0.270 e. The number of nitro groups is 1. The first-order valence-corrected chi connectivity index (χ1v) is 8.22. The van der Waals surface area contributed by atoms with Gasteiger partial charge in [0.15, 0.2) is 4.80 Å². The van der Waals surface area contributed by atoms with E-state index in [9.17, 15) is 14.9 Å². The largest absolute Gasteiger partial charge is 0.319 e. The first-order chi connectivity index (χ1) is 11.5. The van der Waals surface area contributed by atoms with Gasteiger partial charge in [-0.15, -0.1) is 0 Å². The van der Waals surface area contributed by atoms with E-state index in [0.29, 0.717) is 17.6 Å². The zero-order chi connectivity index (χ0) is 17.1. The SMILES string of the molecule is Cn1c(=NC(=O)CCc2ccccc2)sc2cc([N+](=O)[O-])ccc21. The standard InChI is InChI=1S/C17H15N3O3S/c1-19-14-9-8-13(20(22)23)11-15(14)24-17(19)18-16(21)10-7-12-5-3-2-4-6-12/h2-6,8-9,11H,7,10H2,1H3. The lowest BCUT2D eigenvalue weighted by Gasteiger charge is -1.98. The van der Waals surface area contributed by atoms with Crippen molar-refractivity contribution >= 4 is 33.1 Å². The molecule has 24 heavy (non-hydrogen) atoms. The van der Waals surface area contributed by atoms with Crippen molar-refractivity contribution < 1.29 is 9.72 Å². The molecule has 0 atom stereocenters. The van der Waals surface area contributed by atoms with E-state index >= 15 is 0 Å². The van der Waals surface area contributed by atoms with E-state index in [1.807, 2.05) is 30.3 Å². The number of carbonyl (C=O) groups is 1. The van der Waals surface area contributed by atoms with E-state index in [1.165, 1.54) is 23.5 Å². The van der Waals surface area contributed by atoms with Crippen molar-refractivity contribution in [2.75, 3.05) is 0 Å². The molecule has 3 rings (SSSR count).